The summed E-state index contributed by atoms with van der Waals surface area (Å²) in [6.07, 6.45) is 1.17. The Balaban J connectivity index is 2.72. The van der Waals surface area contributed by atoms with Crippen LogP contribution in [0.2, 0.25) is 0 Å². The first-order chi connectivity index (χ1) is 3.77. The Bertz CT molecular complexity index is 49.7. The molecule has 0 radical (unpaired) electrons. The molecule has 0 atom stereocenters. The maximum absolute atomic E-state index is 5.03. The average Bonchev–Trinajstić information content (AvgIpc) is 1.66. The molecular weight excluding hydrogens is 122 g/mol. The van der Waals surface area contributed by atoms with E-state index in [1.54, 1.807) is 5.06 Å². The fourth-order valence-corrected chi connectivity index (χ4v) is 0.678. The molecule has 50 valence electrons. The molecule has 0 rings (SSSR count). The van der Waals surface area contributed by atoms with Gasteiger partial charge in [-0.2, -0.15) is 5.06 Å². The number of hydrogen-bond donors (Lipinski definition) is 0. The third kappa shape index (κ3) is 6.27. The van der Waals surface area contributed by atoms with E-state index in [-0.39, 0.29) is 0 Å². The van der Waals surface area contributed by atoms with Crippen LogP contribution in [0.15, 0.2) is 0 Å². The van der Waals surface area contributed by atoms with Gasteiger partial charge in [-0.1, -0.05) is 6.92 Å². The van der Waals surface area contributed by atoms with E-state index in [1.165, 1.54) is 18.5 Å². The number of hydrogen-bond acceptors (Lipinski definition) is 3. The van der Waals surface area contributed by atoms with Crippen LogP contribution < -0.4 is 0 Å². The highest BCUT2D eigenvalue weighted by Gasteiger charge is 1.87. The van der Waals surface area contributed by atoms with Gasteiger partial charge in [-0.05, 0) is 6.42 Å². The zero-order chi connectivity index (χ0) is 6.41. The number of rotatable bonds is 4. The van der Waals surface area contributed by atoms with Crippen molar-refractivity contribution in [2.24, 2.45) is 0 Å². The van der Waals surface area contributed by atoms with Gasteiger partial charge in [0.15, 0.2) is 0 Å². The summed E-state index contributed by atoms with van der Waals surface area (Å²) in [4.78, 5) is 0. The maximum Gasteiger partial charge on any atom is 0.0215 e. The monoisotopic (exact) mass is 135 g/mol. The van der Waals surface area contributed by atoms with Crippen molar-refractivity contribution in [1.29, 1.82) is 0 Å². The second-order valence-electron chi connectivity index (χ2n) is 1.71. The predicted molar refractivity (Wildman–Crippen MR) is 37.5 cm³/mol. The third-order valence-electron chi connectivity index (χ3n) is 0.489. The summed E-state index contributed by atoms with van der Waals surface area (Å²) in [6, 6.07) is 0. The molecule has 0 unspecified atom stereocenters. The summed E-state index contributed by atoms with van der Waals surface area (Å²) in [5.74, 6) is 1.07. The van der Waals surface area contributed by atoms with Gasteiger partial charge in [-0.3, -0.25) is 0 Å². The Hall–Kier alpha value is 0.270. The van der Waals surface area contributed by atoms with Crippen LogP contribution in [0.1, 0.15) is 13.3 Å². The maximum atomic E-state index is 5.03. The molecule has 0 saturated heterocycles. The Morgan fingerprint density at radius 1 is 1.50 bits per heavy atom. The van der Waals surface area contributed by atoms with Crippen molar-refractivity contribution in [3.05, 3.63) is 0 Å². The molecule has 0 N–H and O–H groups in total. The molecule has 3 heteroatoms. The zero-order valence-corrected chi connectivity index (χ0v) is 6.49. The Morgan fingerprint density at radius 2 is 2.12 bits per heavy atom. The first-order valence-electron chi connectivity index (χ1n) is 2.74. The fourth-order valence-electron chi connectivity index (χ4n) is 0.226. The molecule has 2 nitrogen and oxygen atoms in total. The highest BCUT2D eigenvalue weighted by Crippen LogP contribution is 2.03. The predicted octanol–water partition coefficient (Wildman–Crippen LogP) is 1.54. The molecule has 0 heterocycles. The third-order valence-corrected chi connectivity index (χ3v) is 1.47. The summed E-state index contributed by atoms with van der Waals surface area (Å²) >= 11 is 1.49. The van der Waals surface area contributed by atoms with Crippen LogP contribution in [-0.4, -0.2) is 24.9 Å². The minimum absolute atomic E-state index is 1.07. The molecule has 0 aromatic carbocycles. The molecule has 0 saturated carbocycles. The molecule has 0 spiro atoms. The van der Waals surface area contributed by atoms with E-state index >= 15 is 0 Å². The number of hydroxylamine groups is 2. The molecule has 8 heavy (non-hydrogen) atoms. The number of nitrogens with zero attached hydrogens (tertiary/aromatic N) is 1. The highest BCUT2D eigenvalue weighted by molar-refractivity contribution is 7.94. The van der Waals surface area contributed by atoms with Crippen molar-refractivity contribution in [2.75, 3.05) is 19.8 Å². The molecule has 0 amide bonds. The van der Waals surface area contributed by atoms with Gasteiger partial charge >= 0.3 is 0 Å². The standard InChI is InChI=1S/C5H13NOS/c1-4-5-8-7-6(2)3/h4-5H2,1-3H3. The molecule has 0 fully saturated rings. The van der Waals surface area contributed by atoms with E-state index in [2.05, 4.69) is 6.92 Å². The molecule has 0 aromatic heterocycles. The van der Waals surface area contributed by atoms with Gasteiger partial charge in [0.25, 0.3) is 0 Å². The van der Waals surface area contributed by atoms with Crippen LogP contribution in [0.5, 0.6) is 0 Å². The van der Waals surface area contributed by atoms with Crippen molar-refractivity contribution < 1.29 is 4.28 Å². The zero-order valence-electron chi connectivity index (χ0n) is 5.68. The highest BCUT2D eigenvalue weighted by atomic mass is 32.2. The SMILES string of the molecule is CCCSON(C)C. The van der Waals surface area contributed by atoms with Gasteiger partial charge in [-0.25, -0.2) is 4.28 Å². The molecule has 0 aromatic rings. The first-order valence-corrected chi connectivity index (χ1v) is 3.65. The van der Waals surface area contributed by atoms with Gasteiger partial charge in [0.1, 0.15) is 0 Å². The second kappa shape index (κ2) is 5.41. The van der Waals surface area contributed by atoms with Crippen LogP contribution in [0, 0.1) is 0 Å². The smallest absolute Gasteiger partial charge is 0.0215 e. The van der Waals surface area contributed by atoms with Crippen LogP contribution in [0.25, 0.3) is 0 Å². The van der Waals surface area contributed by atoms with Crippen molar-refractivity contribution >= 4 is 12.0 Å². The van der Waals surface area contributed by atoms with Gasteiger partial charge in [0.05, 0.1) is 0 Å². The quantitative estimate of drug-likeness (QED) is 0.329. The fraction of sp³-hybridized carbons (Fsp3) is 1.00. The summed E-state index contributed by atoms with van der Waals surface area (Å²) in [7, 11) is 3.76. The second-order valence-corrected chi connectivity index (χ2v) is 2.50. The first kappa shape index (κ1) is 8.27. The van der Waals surface area contributed by atoms with E-state index in [1.807, 2.05) is 14.1 Å². The van der Waals surface area contributed by atoms with Crippen LogP contribution in [-0.2, 0) is 4.28 Å². The van der Waals surface area contributed by atoms with Crippen LogP contribution >= 0.6 is 12.0 Å². The summed E-state index contributed by atoms with van der Waals surface area (Å²) < 4.78 is 5.03. The van der Waals surface area contributed by atoms with Gasteiger partial charge < -0.3 is 0 Å². The van der Waals surface area contributed by atoms with Crippen LogP contribution in [0.4, 0.5) is 0 Å². The van der Waals surface area contributed by atoms with E-state index < -0.39 is 0 Å². The Morgan fingerprint density at radius 3 is 2.50 bits per heavy atom. The largest absolute Gasteiger partial charge is 0.229 e. The van der Waals surface area contributed by atoms with Gasteiger partial charge in [-0.15, -0.1) is 0 Å². The molecular formula is C5H13NOS. The van der Waals surface area contributed by atoms with E-state index in [4.69, 9.17) is 4.28 Å². The summed E-state index contributed by atoms with van der Waals surface area (Å²) in [5.41, 5.74) is 0. The summed E-state index contributed by atoms with van der Waals surface area (Å²) in [5, 5.41) is 1.69. The van der Waals surface area contributed by atoms with Gasteiger partial charge in [0.2, 0.25) is 0 Å². The normalized spacial score (nSPS) is 10.5. The Labute approximate surface area is 55.4 Å². The minimum Gasteiger partial charge on any atom is -0.229 e. The van der Waals surface area contributed by atoms with E-state index in [9.17, 15) is 0 Å². The minimum atomic E-state index is 1.07. The molecule has 0 aliphatic carbocycles. The van der Waals surface area contributed by atoms with Crippen molar-refractivity contribution in [1.82, 2.24) is 5.06 Å². The average molecular weight is 135 g/mol. The van der Waals surface area contributed by atoms with E-state index in [0.29, 0.717) is 0 Å². The lowest BCUT2D eigenvalue weighted by molar-refractivity contribution is 0.0232. The van der Waals surface area contributed by atoms with Crippen molar-refractivity contribution in [2.45, 2.75) is 13.3 Å². The topological polar surface area (TPSA) is 12.5 Å². The Kier molecular flexibility index (Phi) is 5.59. The van der Waals surface area contributed by atoms with Crippen molar-refractivity contribution in [3.8, 4) is 0 Å². The summed E-state index contributed by atoms with van der Waals surface area (Å²) in [6.45, 7) is 2.13. The molecule has 0 bridgehead atoms. The van der Waals surface area contributed by atoms with E-state index in [0.717, 1.165) is 5.75 Å². The lowest BCUT2D eigenvalue weighted by Gasteiger charge is -2.06. The van der Waals surface area contributed by atoms with Gasteiger partial charge in [0, 0.05) is 31.9 Å². The molecule has 0 aliphatic rings. The molecule has 0 aliphatic heterocycles. The lowest BCUT2D eigenvalue weighted by Crippen LogP contribution is -2.07. The lowest BCUT2D eigenvalue weighted by atomic mass is 10.6. The van der Waals surface area contributed by atoms with Crippen molar-refractivity contribution in [3.63, 3.8) is 0 Å². The van der Waals surface area contributed by atoms with Crippen LogP contribution in [0.3, 0.4) is 0 Å².